The Kier molecular flexibility index (Phi) is 9.04. The molecule has 1 unspecified atom stereocenters. The van der Waals surface area contributed by atoms with Crippen LogP contribution in [0.3, 0.4) is 0 Å². The van der Waals surface area contributed by atoms with Crippen molar-refractivity contribution in [3.63, 3.8) is 0 Å². The number of fused-ring (bicyclic) bond motifs is 3. The minimum Gasteiger partial charge on any atom is -0.502 e. The van der Waals surface area contributed by atoms with Gasteiger partial charge in [0.25, 0.3) is 0 Å². The summed E-state index contributed by atoms with van der Waals surface area (Å²) in [4.78, 5) is 26.4. The van der Waals surface area contributed by atoms with Crippen molar-refractivity contribution in [3.05, 3.63) is 41.0 Å². The number of esters is 1. The fourth-order valence-corrected chi connectivity index (χ4v) is 6.14. The van der Waals surface area contributed by atoms with E-state index < -0.39 is 17.9 Å². The molecule has 1 saturated heterocycles. The molecule has 2 aromatic carbocycles. The molecular weight excluding hydrogens is 530 g/mol. The molecule has 4 atom stereocenters. The van der Waals surface area contributed by atoms with E-state index in [4.69, 9.17) is 29.4 Å². The molecule has 3 aliphatic rings. The fourth-order valence-electron chi connectivity index (χ4n) is 6.14. The highest BCUT2D eigenvalue weighted by Gasteiger charge is 2.53. The van der Waals surface area contributed by atoms with Gasteiger partial charge in [-0.15, -0.1) is 0 Å². The average Bonchev–Trinajstić information content (AvgIpc) is 3.60. The Balaban J connectivity index is 1.42. The summed E-state index contributed by atoms with van der Waals surface area (Å²) in [5.74, 6) is -0.261. The Labute approximate surface area is 239 Å². The van der Waals surface area contributed by atoms with Gasteiger partial charge in [0.05, 0.1) is 32.8 Å². The Morgan fingerprint density at radius 1 is 0.976 bits per heavy atom. The number of hydrogen-bond donors (Lipinski definition) is 4. The van der Waals surface area contributed by atoms with E-state index in [-0.39, 0.29) is 48.4 Å². The van der Waals surface area contributed by atoms with E-state index in [1.165, 1.54) is 14.2 Å². The number of carbonyl (C=O) groups excluding carboxylic acids is 2. The summed E-state index contributed by atoms with van der Waals surface area (Å²) in [5.41, 5.74) is 7.91. The monoisotopic (exact) mass is 569 g/mol. The zero-order chi connectivity index (χ0) is 28.9. The number of hydrogen-bond acceptors (Lipinski definition) is 10. The van der Waals surface area contributed by atoms with Crippen LogP contribution in [0.5, 0.6) is 28.7 Å². The lowest BCUT2D eigenvalue weighted by atomic mass is 9.65. The number of amides is 1. The number of cyclic esters (lactones) is 1. The molecule has 0 bridgehead atoms. The molecule has 1 amide bonds. The number of benzene rings is 2. The Morgan fingerprint density at radius 3 is 2.29 bits per heavy atom. The lowest BCUT2D eigenvalue weighted by Crippen LogP contribution is -2.42. The van der Waals surface area contributed by atoms with Gasteiger partial charge in [-0.25, -0.2) is 0 Å². The first-order valence-electron chi connectivity index (χ1n) is 14.2. The Hall–Kier alpha value is -3.70. The number of nitrogens with two attached hydrogens (primary N) is 1. The van der Waals surface area contributed by atoms with Crippen LogP contribution in [0.15, 0.2) is 24.3 Å². The van der Waals surface area contributed by atoms with Crippen molar-refractivity contribution in [3.8, 4) is 28.7 Å². The maximum Gasteiger partial charge on any atom is 0.310 e. The van der Waals surface area contributed by atoms with Crippen molar-refractivity contribution in [2.24, 2.45) is 17.6 Å². The highest BCUT2D eigenvalue weighted by atomic mass is 16.7. The Morgan fingerprint density at radius 2 is 1.63 bits per heavy atom. The van der Waals surface area contributed by atoms with E-state index in [9.17, 15) is 14.7 Å². The van der Waals surface area contributed by atoms with Crippen LogP contribution in [0.25, 0.3) is 0 Å². The van der Waals surface area contributed by atoms with E-state index in [1.54, 1.807) is 12.1 Å². The van der Waals surface area contributed by atoms with Crippen LogP contribution >= 0.6 is 0 Å². The van der Waals surface area contributed by atoms with Gasteiger partial charge in [0.15, 0.2) is 23.0 Å². The van der Waals surface area contributed by atoms with Gasteiger partial charge in [-0.3, -0.25) is 9.59 Å². The van der Waals surface area contributed by atoms with Crippen molar-refractivity contribution >= 4 is 11.9 Å². The number of phenols is 1. The molecule has 1 aliphatic carbocycles. The quantitative estimate of drug-likeness (QED) is 0.209. The second-order valence-electron chi connectivity index (χ2n) is 10.7. The highest BCUT2D eigenvalue weighted by molar-refractivity contribution is 5.81. The van der Waals surface area contributed by atoms with Crippen LogP contribution in [-0.2, 0) is 14.3 Å². The third-order valence-corrected chi connectivity index (χ3v) is 8.18. The number of unbranched alkanes of at least 4 members (excludes halogenated alkanes) is 2. The molecule has 5 rings (SSSR count). The molecule has 2 aliphatic heterocycles. The van der Waals surface area contributed by atoms with Gasteiger partial charge >= 0.3 is 5.97 Å². The maximum atomic E-state index is 13.3. The summed E-state index contributed by atoms with van der Waals surface area (Å²) < 4.78 is 27.8. The number of carbonyl (C=O) groups is 2. The van der Waals surface area contributed by atoms with Gasteiger partial charge in [-0.2, -0.15) is 0 Å². The molecule has 11 heteroatoms. The van der Waals surface area contributed by atoms with Crippen molar-refractivity contribution < 1.29 is 38.4 Å². The van der Waals surface area contributed by atoms with Crippen LogP contribution in [0.2, 0.25) is 0 Å². The first-order chi connectivity index (χ1) is 20.0. The molecule has 2 heterocycles. The SMILES string of the molecule is COc1cc(C2c3cc4c(cc3[C@@H](NC(=O)CCCCNCCCCN)[C@H]3COC(=O)[C@H]23)OCO4)cc(OC)c1O. The number of aromatic hydroxyl groups is 1. The summed E-state index contributed by atoms with van der Waals surface area (Å²) in [6, 6.07) is 6.75. The van der Waals surface area contributed by atoms with Crippen LogP contribution < -0.4 is 35.3 Å². The second kappa shape index (κ2) is 12.9. The van der Waals surface area contributed by atoms with Crippen molar-refractivity contribution in [2.75, 3.05) is 47.3 Å². The molecule has 0 spiro atoms. The minimum absolute atomic E-state index is 0.0775. The van der Waals surface area contributed by atoms with Gasteiger partial charge in [-0.05, 0) is 86.3 Å². The number of nitrogens with one attached hydrogen (secondary N) is 2. The van der Waals surface area contributed by atoms with Gasteiger partial charge in [0.2, 0.25) is 18.4 Å². The first-order valence-corrected chi connectivity index (χ1v) is 14.2. The van der Waals surface area contributed by atoms with Gasteiger partial charge < -0.3 is 45.2 Å². The molecule has 0 radical (unpaired) electrons. The van der Waals surface area contributed by atoms with E-state index in [0.29, 0.717) is 30.0 Å². The minimum atomic E-state index is -0.579. The Bertz CT molecular complexity index is 1240. The average molecular weight is 570 g/mol. The first kappa shape index (κ1) is 28.8. The predicted molar refractivity (Wildman–Crippen MR) is 149 cm³/mol. The second-order valence-corrected chi connectivity index (χ2v) is 10.7. The fraction of sp³-hybridized carbons (Fsp3) is 0.533. The van der Waals surface area contributed by atoms with E-state index in [0.717, 1.165) is 49.9 Å². The van der Waals surface area contributed by atoms with Crippen LogP contribution in [0, 0.1) is 11.8 Å². The molecule has 5 N–H and O–H groups in total. The molecule has 1 fully saturated rings. The van der Waals surface area contributed by atoms with Gasteiger partial charge in [-0.1, -0.05) is 0 Å². The molecule has 11 nitrogen and oxygen atoms in total. The highest BCUT2D eigenvalue weighted by Crippen LogP contribution is 2.55. The zero-order valence-electron chi connectivity index (χ0n) is 23.6. The summed E-state index contributed by atoms with van der Waals surface area (Å²) in [6.07, 6.45) is 4.06. The van der Waals surface area contributed by atoms with Crippen LogP contribution in [0.1, 0.15) is 60.8 Å². The van der Waals surface area contributed by atoms with Crippen molar-refractivity contribution in [1.82, 2.24) is 10.6 Å². The summed E-state index contributed by atoms with van der Waals surface area (Å²) >= 11 is 0. The normalized spacial score (nSPS) is 22.1. The van der Waals surface area contributed by atoms with Gasteiger partial charge in [0.1, 0.15) is 0 Å². The smallest absolute Gasteiger partial charge is 0.310 e. The summed E-state index contributed by atoms with van der Waals surface area (Å²) in [6.45, 7) is 2.75. The molecular formula is C30H39N3O8. The molecule has 2 aromatic rings. The lowest BCUT2D eigenvalue weighted by Gasteiger charge is -2.39. The number of ether oxygens (including phenoxy) is 5. The topological polar surface area (TPSA) is 151 Å². The van der Waals surface area contributed by atoms with E-state index in [1.807, 2.05) is 12.1 Å². The predicted octanol–water partition coefficient (Wildman–Crippen LogP) is 2.73. The van der Waals surface area contributed by atoms with Crippen LogP contribution in [-0.4, -0.2) is 64.2 Å². The zero-order valence-corrected chi connectivity index (χ0v) is 23.6. The number of methoxy groups -OCH3 is 2. The largest absolute Gasteiger partial charge is 0.502 e. The van der Waals surface area contributed by atoms with E-state index >= 15 is 0 Å². The maximum absolute atomic E-state index is 13.3. The molecule has 0 aromatic heterocycles. The van der Waals surface area contributed by atoms with E-state index in [2.05, 4.69) is 10.6 Å². The van der Waals surface area contributed by atoms with Gasteiger partial charge in [0, 0.05) is 18.3 Å². The molecule has 222 valence electrons. The van der Waals surface area contributed by atoms with Crippen LogP contribution in [0.4, 0.5) is 0 Å². The number of phenolic OH excluding ortho intramolecular Hbond substituents is 1. The lowest BCUT2D eigenvalue weighted by molar-refractivity contribution is -0.141. The standard InChI is InChI=1S/C30H39N3O8/c1-37-23-11-17(12-24(38-2)29(23)35)26-18-13-21-22(41-16-40-21)14-19(18)28(20-15-39-30(36)27(20)26)33-25(34)7-3-5-9-32-10-6-4-8-31/h11-14,20,26-28,32,35H,3-10,15-16,31H2,1-2H3,(H,33,34)/t20-,26?,27-,28+/m0/s1. The molecule has 0 saturated carbocycles. The van der Waals surface area contributed by atoms with Crippen molar-refractivity contribution in [2.45, 2.75) is 44.1 Å². The third-order valence-electron chi connectivity index (χ3n) is 8.18. The summed E-state index contributed by atoms with van der Waals surface area (Å²) in [7, 11) is 2.92. The molecule has 41 heavy (non-hydrogen) atoms. The summed E-state index contributed by atoms with van der Waals surface area (Å²) in [5, 5.41) is 17.1. The number of rotatable bonds is 13. The third kappa shape index (κ3) is 5.87. The van der Waals surface area contributed by atoms with Crippen molar-refractivity contribution in [1.29, 1.82) is 0 Å².